The monoisotopic (exact) mass is 498 g/mol. The Morgan fingerprint density at radius 3 is 2.64 bits per heavy atom. The molecule has 0 radical (unpaired) electrons. The maximum atomic E-state index is 14.4. The molecule has 3 aromatic rings. The van der Waals surface area contributed by atoms with E-state index >= 15 is 0 Å². The van der Waals surface area contributed by atoms with Crippen molar-refractivity contribution in [1.29, 1.82) is 0 Å². The van der Waals surface area contributed by atoms with E-state index in [2.05, 4.69) is 9.97 Å². The molecule has 3 heterocycles. The largest absolute Gasteiger partial charge is 0.390 e. The van der Waals surface area contributed by atoms with Crippen molar-refractivity contribution in [3.63, 3.8) is 0 Å². The van der Waals surface area contributed by atoms with Gasteiger partial charge < -0.3 is 14.9 Å². The molecule has 2 N–H and O–H groups in total. The van der Waals surface area contributed by atoms with Crippen LogP contribution in [0, 0.1) is 17.5 Å². The van der Waals surface area contributed by atoms with Gasteiger partial charge in [0.2, 0.25) is 0 Å². The highest BCUT2D eigenvalue weighted by Gasteiger charge is 2.51. The molecule has 9 heteroatoms. The molecule has 2 aliphatic rings. The quantitative estimate of drug-likeness (QED) is 0.504. The molecule has 6 nitrogen and oxygen atoms in total. The maximum absolute atomic E-state index is 14.4. The van der Waals surface area contributed by atoms with E-state index in [9.17, 15) is 28.2 Å². The lowest BCUT2D eigenvalue weighted by atomic mass is 9.74. The van der Waals surface area contributed by atoms with E-state index in [-0.39, 0.29) is 18.5 Å². The highest BCUT2D eigenvalue weighted by atomic mass is 19.1. The lowest BCUT2D eigenvalue weighted by Gasteiger charge is -2.49. The first-order valence-corrected chi connectivity index (χ1v) is 11.9. The summed E-state index contributed by atoms with van der Waals surface area (Å²) in [6.45, 7) is 0. The number of Topliss-reactive ketones (excluding diaryl/α,β-unsaturated/α-hetero) is 1. The molecule has 2 fully saturated rings. The van der Waals surface area contributed by atoms with Crippen LogP contribution in [-0.4, -0.2) is 43.8 Å². The molecule has 4 atom stereocenters. The van der Waals surface area contributed by atoms with Crippen molar-refractivity contribution >= 4 is 5.78 Å². The van der Waals surface area contributed by atoms with Crippen molar-refractivity contribution < 1.29 is 32.9 Å². The van der Waals surface area contributed by atoms with Crippen LogP contribution in [0.25, 0.3) is 11.3 Å². The van der Waals surface area contributed by atoms with Gasteiger partial charge in [0.25, 0.3) is 0 Å². The fourth-order valence-electron chi connectivity index (χ4n) is 5.24. The number of rotatable bonds is 5. The number of carbonyl (C=O) groups excluding carboxylic acids is 1. The Hall–Kier alpha value is -3.14. The van der Waals surface area contributed by atoms with Crippen LogP contribution in [0.1, 0.15) is 59.8 Å². The van der Waals surface area contributed by atoms with E-state index in [1.165, 1.54) is 12.3 Å². The van der Waals surface area contributed by atoms with Gasteiger partial charge in [-0.15, -0.1) is 0 Å². The molecule has 2 aromatic heterocycles. The summed E-state index contributed by atoms with van der Waals surface area (Å²) < 4.78 is 49.1. The number of ether oxygens (including phenoxy) is 1. The van der Waals surface area contributed by atoms with Gasteiger partial charge in [-0.1, -0.05) is 18.9 Å². The number of ketones is 1. The van der Waals surface area contributed by atoms with Crippen LogP contribution in [0.15, 0.2) is 48.8 Å². The zero-order valence-electron chi connectivity index (χ0n) is 19.3. The molecule has 188 valence electrons. The van der Waals surface area contributed by atoms with Crippen molar-refractivity contribution in [2.75, 3.05) is 0 Å². The van der Waals surface area contributed by atoms with Crippen molar-refractivity contribution in [3.05, 3.63) is 83.1 Å². The Morgan fingerprint density at radius 2 is 1.86 bits per heavy atom. The average Bonchev–Trinajstić information content (AvgIpc) is 2.86. The fraction of sp³-hybridized carbons (Fsp3) is 0.370. The minimum Gasteiger partial charge on any atom is -0.390 e. The van der Waals surface area contributed by atoms with Gasteiger partial charge >= 0.3 is 0 Å². The van der Waals surface area contributed by atoms with Crippen LogP contribution in [0.4, 0.5) is 13.2 Å². The third kappa shape index (κ3) is 4.42. The second-order valence-corrected chi connectivity index (χ2v) is 9.40. The molecule has 1 saturated carbocycles. The van der Waals surface area contributed by atoms with Gasteiger partial charge in [0.15, 0.2) is 5.78 Å². The smallest absolute Gasteiger partial charge is 0.185 e. The van der Waals surface area contributed by atoms with Crippen molar-refractivity contribution in [3.8, 4) is 11.3 Å². The third-order valence-corrected chi connectivity index (χ3v) is 7.16. The number of carbonyl (C=O) groups is 1. The lowest BCUT2D eigenvalue weighted by Crippen LogP contribution is -2.58. The summed E-state index contributed by atoms with van der Waals surface area (Å²) in [5, 5.41) is 21.7. The summed E-state index contributed by atoms with van der Waals surface area (Å²) >= 11 is 0. The molecule has 0 bridgehead atoms. The molecule has 5 rings (SSSR count). The number of halogens is 3. The molecular formula is C27H25F3N2O4. The van der Waals surface area contributed by atoms with E-state index in [4.69, 9.17) is 4.74 Å². The second-order valence-electron chi connectivity index (χ2n) is 9.40. The SMILES string of the molecule is O=C(Cc1cnccc1[C@H]1C[C@@H](O)[C@@]2(O)CCCC[C@H]2O1)c1ccc(F)c(-c2c(F)cccc2F)n1. The van der Waals surface area contributed by atoms with Gasteiger partial charge in [0.05, 0.1) is 23.9 Å². The van der Waals surface area contributed by atoms with Crippen molar-refractivity contribution in [2.24, 2.45) is 0 Å². The second kappa shape index (κ2) is 9.72. The Kier molecular flexibility index (Phi) is 6.63. The molecular weight excluding hydrogens is 473 g/mol. The number of fused-ring (bicyclic) bond motifs is 1. The summed E-state index contributed by atoms with van der Waals surface area (Å²) in [4.78, 5) is 21.2. The van der Waals surface area contributed by atoms with Gasteiger partial charge in [0.1, 0.15) is 34.4 Å². The number of aliphatic hydroxyl groups is 2. The number of benzene rings is 1. The number of aromatic nitrogens is 2. The Balaban J connectivity index is 1.42. The summed E-state index contributed by atoms with van der Waals surface area (Å²) in [5.74, 6) is -3.44. The van der Waals surface area contributed by atoms with E-state index < -0.39 is 58.4 Å². The number of hydrogen-bond acceptors (Lipinski definition) is 6. The molecule has 0 spiro atoms. The van der Waals surface area contributed by atoms with Crippen molar-refractivity contribution in [2.45, 2.75) is 62.4 Å². The number of aliphatic hydroxyl groups excluding tert-OH is 1. The standard InChI is InChI=1S/C27H25F3N2O4/c28-17-4-3-5-18(29)25(17)26-19(30)7-8-20(32-26)21(33)12-15-14-31-11-9-16(15)22-13-23(34)27(35)10-2-1-6-24(27)36-22/h3-5,7-9,11,14,22-24,34-35H,1-2,6,10,12-13H2/t22-,23-,24-,27+/m1/s1. The average molecular weight is 499 g/mol. The first-order chi connectivity index (χ1) is 17.3. The number of hydrogen-bond donors (Lipinski definition) is 2. The van der Waals surface area contributed by atoms with Crippen molar-refractivity contribution in [1.82, 2.24) is 9.97 Å². The molecule has 0 amide bonds. The van der Waals surface area contributed by atoms with Crippen LogP contribution >= 0.6 is 0 Å². The number of pyridine rings is 2. The van der Waals surface area contributed by atoms with E-state index in [0.29, 0.717) is 24.0 Å². The Labute approximate surface area is 205 Å². The minimum absolute atomic E-state index is 0.156. The highest BCUT2D eigenvalue weighted by Crippen LogP contribution is 2.44. The Bertz CT molecular complexity index is 1280. The zero-order valence-corrected chi connectivity index (χ0v) is 19.3. The first kappa shape index (κ1) is 24.5. The molecule has 1 saturated heterocycles. The predicted octanol–water partition coefficient (Wildman–Crippen LogP) is 4.48. The van der Waals surface area contributed by atoms with Crippen LogP contribution in [0.2, 0.25) is 0 Å². The van der Waals surface area contributed by atoms with Gasteiger partial charge in [-0.2, -0.15) is 0 Å². The van der Waals surface area contributed by atoms with Gasteiger partial charge in [-0.25, -0.2) is 18.2 Å². The summed E-state index contributed by atoms with van der Waals surface area (Å²) in [5.41, 5.74) is -1.50. The topological polar surface area (TPSA) is 92.5 Å². The van der Waals surface area contributed by atoms with Gasteiger partial charge in [0, 0.05) is 25.2 Å². The normalized spacial score (nSPS) is 25.9. The number of nitrogens with zero attached hydrogens (tertiary/aromatic N) is 2. The minimum atomic E-state index is -1.28. The highest BCUT2D eigenvalue weighted by molar-refractivity contribution is 5.96. The summed E-state index contributed by atoms with van der Waals surface area (Å²) in [6, 6.07) is 6.95. The lowest BCUT2D eigenvalue weighted by molar-refractivity contribution is -0.242. The van der Waals surface area contributed by atoms with Crippen LogP contribution in [-0.2, 0) is 11.2 Å². The summed E-state index contributed by atoms with van der Waals surface area (Å²) in [7, 11) is 0. The van der Waals surface area contributed by atoms with Gasteiger partial charge in [-0.3, -0.25) is 9.78 Å². The Morgan fingerprint density at radius 1 is 1.08 bits per heavy atom. The predicted molar refractivity (Wildman–Crippen MR) is 123 cm³/mol. The van der Waals surface area contributed by atoms with Crippen LogP contribution in [0.3, 0.4) is 0 Å². The van der Waals surface area contributed by atoms with Gasteiger partial charge in [-0.05, 0) is 54.3 Å². The van der Waals surface area contributed by atoms with Crippen LogP contribution in [0.5, 0.6) is 0 Å². The molecule has 1 aliphatic carbocycles. The summed E-state index contributed by atoms with van der Waals surface area (Å²) in [6.07, 6.45) is 3.78. The maximum Gasteiger partial charge on any atom is 0.185 e. The fourth-order valence-corrected chi connectivity index (χ4v) is 5.24. The molecule has 36 heavy (non-hydrogen) atoms. The van der Waals surface area contributed by atoms with E-state index in [1.807, 2.05) is 0 Å². The third-order valence-electron chi connectivity index (χ3n) is 7.16. The molecule has 1 aliphatic heterocycles. The molecule has 0 unspecified atom stereocenters. The van der Waals surface area contributed by atoms with E-state index in [0.717, 1.165) is 37.1 Å². The van der Waals surface area contributed by atoms with Crippen LogP contribution < -0.4 is 0 Å². The van der Waals surface area contributed by atoms with E-state index in [1.54, 1.807) is 12.3 Å². The molecule has 1 aromatic carbocycles. The zero-order chi connectivity index (χ0) is 25.4. The first-order valence-electron chi connectivity index (χ1n) is 11.9.